The smallest absolute Gasteiger partial charge is 0.306 e. The van der Waals surface area contributed by atoms with E-state index in [0.29, 0.717) is 19.3 Å². The maximum absolute atomic E-state index is 12.9. The Morgan fingerprint density at radius 2 is 0.408 bits per heavy atom. The van der Waals surface area contributed by atoms with Crippen LogP contribution in [0.2, 0.25) is 0 Å². The number of ether oxygens (including phenoxy) is 3. The molecule has 0 heterocycles. The first-order valence-electron chi connectivity index (χ1n) is 32.1. The number of carbonyl (C=O) groups is 3. The van der Waals surface area contributed by atoms with E-state index in [-0.39, 0.29) is 31.1 Å². The van der Waals surface area contributed by atoms with Crippen LogP contribution in [0.5, 0.6) is 0 Å². The van der Waals surface area contributed by atoms with Gasteiger partial charge in [0.1, 0.15) is 13.2 Å². The molecule has 0 bridgehead atoms. The van der Waals surface area contributed by atoms with Crippen LogP contribution in [0.3, 0.4) is 0 Å². The predicted octanol–water partition coefficient (Wildman–Crippen LogP) is 21.5. The SMILES string of the molecule is CC(C)CCCCCCCCCCCCCCCCCCCCC(=O)OC[C@@H](COC(=O)CCCCCCCCCCCCCCCC(C)C)OC(=O)CCCCCCCCCCCCCCCC(C)C. The van der Waals surface area contributed by atoms with Crippen molar-refractivity contribution in [2.24, 2.45) is 17.8 Å². The van der Waals surface area contributed by atoms with Gasteiger partial charge in [0, 0.05) is 19.3 Å². The Hall–Kier alpha value is -1.59. The van der Waals surface area contributed by atoms with Crippen LogP contribution in [-0.4, -0.2) is 37.2 Å². The van der Waals surface area contributed by atoms with Gasteiger partial charge in [0.05, 0.1) is 0 Å². The molecule has 0 aromatic rings. The first-order valence-corrected chi connectivity index (χ1v) is 32.1. The molecule has 6 nitrogen and oxygen atoms in total. The molecule has 0 spiro atoms. The van der Waals surface area contributed by atoms with Crippen molar-refractivity contribution in [3.63, 3.8) is 0 Å². The Morgan fingerprint density at radius 3 is 0.606 bits per heavy atom. The van der Waals surface area contributed by atoms with Crippen molar-refractivity contribution in [3.8, 4) is 0 Å². The minimum atomic E-state index is -0.764. The third-order valence-corrected chi connectivity index (χ3v) is 14.9. The molecule has 422 valence electrons. The fourth-order valence-electron chi connectivity index (χ4n) is 10.1. The fraction of sp³-hybridized carbons (Fsp3) is 0.954. The van der Waals surface area contributed by atoms with Gasteiger partial charge < -0.3 is 14.2 Å². The van der Waals surface area contributed by atoms with Crippen LogP contribution < -0.4 is 0 Å². The first-order chi connectivity index (χ1) is 34.6. The third kappa shape index (κ3) is 59.2. The summed E-state index contributed by atoms with van der Waals surface area (Å²) in [5.74, 6) is 1.70. The van der Waals surface area contributed by atoms with Crippen LogP contribution in [0.15, 0.2) is 0 Å². The van der Waals surface area contributed by atoms with Gasteiger partial charge in [0.15, 0.2) is 6.10 Å². The van der Waals surface area contributed by atoms with Crippen molar-refractivity contribution >= 4 is 17.9 Å². The van der Waals surface area contributed by atoms with E-state index in [1.165, 1.54) is 244 Å². The number of carbonyl (C=O) groups excluding carboxylic acids is 3. The fourth-order valence-corrected chi connectivity index (χ4v) is 10.1. The molecule has 0 aliphatic heterocycles. The second-order valence-electron chi connectivity index (χ2n) is 23.8. The lowest BCUT2D eigenvalue weighted by Gasteiger charge is -2.18. The van der Waals surface area contributed by atoms with E-state index in [0.717, 1.165) is 75.5 Å². The van der Waals surface area contributed by atoms with Gasteiger partial charge in [-0.15, -0.1) is 0 Å². The third-order valence-electron chi connectivity index (χ3n) is 14.9. The van der Waals surface area contributed by atoms with E-state index < -0.39 is 6.10 Å². The number of esters is 3. The van der Waals surface area contributed by atoms with E-state index in [1.807, 2.05) is 0 Å². The predicted molar refractivity (Wildman–Crippen MR) is 307 cm³/mol. The van der Waals surface area contributed by atoms with Crippen molar-refractivity contribution in [2.45, 2.75) is 369 Å². The van der Waals surface area contributed by atoms with E-state index >= 15 is 0 Å². The summed E-state index contributed by atoms with van der Waals surface area (Å²) in [6.45, 7) is 13.8. The van der Waals surface area contributed by atoms with Gasteiger partial charge in [-0.3, -0.25) is 14.4 Å². The minimum Gasteiger partial charge on any atom is -0.462 e. The Balaban J connectivity index is 4.27. The molecule has 0 saturated carbocycles. The zero-order chi connectivity index (χ0) is 51.9. The highest BCUT2D eigenvalue weighted by Gasteiger charge is 2.19. The average molecular weight is 1000 g/mol. The molecule has 0 N–H and O–H groups in total. The van der Waals surface area contributed by atoms with Gasteiger partial charge in [-0.2, -0.15) is 0 Å². The lowest BCUT2D eigenvalue weighted by Crippen LogP contribution is -2.30. The molecular weight excluding hydrogens is 877 g/mol. The highest BCUT2D eigenvalue weighted by molar-refractivity contribution is 5.71. The monoisotopic (exact) mass is 1000 g/mol. The van der Waals surface area contributed by atoms with Gasteiger partial charge in [-0.05, 0) is 37.0 Å². The topological polar surface area (TPSA) is 78.9 Å². The van der Waals surface area contributed by atoms with Crippen molar-refractivity contribution < 1.29 is 28.6 Å². The van der Waals surface area contributed by atoms with Crippen molar-refractivity contribution in [3.05, 3.63) is 0 Å². The van der Waals surface area contributed by atoms with Crippen molar-refractivity contribution in [1.29, 1.82) is 0 Å². The maximum Gasteiger partial charge on any atom is 0.306 e. The summed E-state index contributed by atoms with van der Waals surface area (Å²) in [5.41, 5.74) is 0. The summed E-state index contributed by atoms with van der Waals surface area (Å²) in [4.78, 5) is 38.3. The Kier molecular flexibility index (Phi) is 54.9. The summed E-state index contributed by atoms with van der Waals surface area (Å²) in [6.07, 6.45) is 61.0. The van der Waals surface area contributed by atoms with Crippen molar-refractivity contribution in [1.82, 2.24) is 0 Å². The lowest BCUT2D eigenvalue weighted by atomic mass is 10.0. The van der Waals surface area contributed by atoms with E-state index in [9.17, 15) is 14.4 Å². The molecule has 0 aromatic carbocycles. The highest BCUT2D eigenvalue weighted by atomic mass is 16.6. The number of hydrogen-bond donors (Lipinski definition) is 0. The molecule has 0 aromatic heterocycles. The average Bonchev–Trinajstić information content (AvgIpc) is 3.33. The van der Waals surface area contributed by atoms with Crippen LogP contribution >= 0.6 is 0 Å². The standard InChI is InChI=1S/C65H126O6/c1-59(2)51-45-39-33-27-21-15-11-9-7-8-10-12-18-24-30-36-42-48-54-63(66)69-57-62(71-65(68)56-50-44-38-32-26-20-14-17-23-29-35-41-47-53-61(5)6)58-70-64(67)55-49-43-37-31-25-19-13-16-22-28-34-40-46-52-60(3)4/h59-62H,7-58H2,1-6H3/t62-/m0/s1. The first kappa shape index (κ1) is 69.4. The lowest BCUT2D eigenvalue weighted by molar-refractivity contribution is -0.167. The maximum atomic E-state index is 12.9. The summed E-state index contributed by atoms with van der Waals surface area (Å²) in [6, 6.07) is 0. The van der Waals surface area contributed by atoms with Gasteiger partial charge in [-0.1, -0.05) is 324 Å². The molecule has 6 heteroatoms. The van der Waals surface area contributed by atoms with Gasteiger partial charge >= 0.3 is 17.9 Å². The molecule has 0 radical (unpaired) electrons. The zero-order valence-corrected chi connectivity index (χ0v) is 49.0. The Bertz CT molecular complexity index is 1100. The van der Waals surface area contributed by atoms with E-state index in [1.54, 1.807) is 0 Å². The highest BCUT2D eigenvalue weighted by Crippen LogP contribution is 2.19. The summed E-state index contributed by atoms with van der Waals surface area (Å²) in [5, 5.41) is 0. The number of hydrogen-bond acceptors (Lipinski definition) is 6. The van der Waals surface area contributed by atoms with Gasteiger partial charge in [0.2, 0.25) is 0 Å². The van der Waals surface area contributed by atoms with Crippen molar-refractivity contribution in [2.75, 3.05) is 13.2 Å². The molecule has 0 fully saturated rings. The van der Waals surface area contributed by atoms with Crippen LogP contribution in [-0.2, 0) is 28.6 Å². The Labute approximate surface area is 444 Å². The molecule has 0 rings (SSSR count). The zero-order valence-electron chi connectivity index (χ0n) is 49.0. The van der Waals surface area contributed by atoms with Crippen LogP contribution in [0.4, 0.5) is 0 Å². The summed E-state index contributed by atoms with van der Waals surface area (Å²) < 4.78 is 17.0. The number of unbranched alkanes of at least 4 members (excludes halogenated alkanes) is 41. The Morgan fingerprint density at radius 1 is 0.239 bits per heavy atom. The van der Waals surface area contributed by atoms with Crippen LogP contribution in [0.1, 0.15) is 363 Å². The normalized spacial score (nSPS) is 12.1. The molecule has 0 saturated heterocycles. The second-order valence-corrected chi connectivity index (χ2v) is 23.8. The molecule has 0 unspecified atom stereocenters. The minimum absolute atomic E-state index is 0.0625. The van der Waals surface area contributed by atoms with Gasteiger partial charge in [-0.25, -0.2) is 0 Å². The largest absolute Gasteiger partial charge is 0.462 e. The molecular formula is C65H126O6. The summed E-state index contributed by atoms with van der Waals surface area (Å²) >= 11 is 0. The van der Waals surface area contributed by atoms with E-state index in [4.69, 9.17) is 14.2 Å². The van der Waals surface area contributed by atoms with Crippen LogP contribution in [0, 0.1) is 17.8 Å². The quantitative estimate of drug-likeness (QED) is 0.0343. The molecule has 0 aliphatic rings. The number of rotatable bonds is 58. The second kappa shape index (κ2) is 56.1. The molecule has 0 amide bonds. The van der Waals surface area contributed by atoms with Gasteiger partial charge in [0.25, 0.3) is 0 Å². The molecule has 1 atom stereocenters. The molecule has 71 heavy (non-hydrogen) atoms. The van der Waals surface area contributed by atoms with Crippen LogP contribution in [0.25, 0.3) is 0 Å². The van der Waals surface area contributed by atoms with E-state index in [2.05, 4.69) is 41.5 Å². The summed E-state index contributed by atoms with van der Waals surface area (Å²) in [7, 11) is 0. The molecule has 0 aliphatic carbocycles.